The largest absolute Gasteiger partial charge is 0.340 e. The predicted octanol–water partition coefficient (Wildman–Crippen LogP) is 1.80. The molecule has 1 atom stereocenters. The second-order valence-corrected chi connectivity index (χ2v) is 6.26. The van der Waals surface area contributed by atoms with Gasteiger partial charge in [0.15, 0.2) is 0 Å². The molecule has 2 heterocycles. The first-order valence-corrected chi connectivity index (χ1v) is 7.44. The van der Waals surface area contributed by atoms with Crippen LogP contribution in [0.2, 0.25) is 0 Å². The topological polar surface area (TPSA) is 52.2 Å². The minimum absolute atomic E-state index is 0.310. The molecule has 5 heteroatoms. The smallest absolute Gasteiger partial charge is 0.222 e. The lowest BCUT2D eigenvalue weighted by molar-refractivity contribution is -0.136. The lowest BCUT2D eigenvalue weighted by Gasteiger charge is -2.37. The van der Waals surface area contributed by atoms with Crippen molar-refractivity contribution in [3.63, 3.8) is 0 Å². The van der Waals surface area contributed by atoms with Gasteiger partial charge in [-0.25, -0.2) is 0 Å². The number of carbonyl (C=O) groups is 1. The van der Waals surface area contributed by atoms with Gasteiger partial charge in [-0.1, -0.05) is 0 Å². The van der Waals surface area contributed by atoms with Crippen molar-refractivity contribution >= 4 is 5.91 Å². The van der Waals surface area contributed by atoms with E-state index in [9.17, 15) is 4.79 Å². The summed E-state index contributed by atoms with van der Waals surface area (Å²) in [5.41, 5.74) is 2.39. The van der Waals surface area contributed by atoms with Crippen LogP contribution in [-0.2, 0) is 11.3 Å². The van der Waals surface area contributed by atoms with Crippen LogP contribution in [-0.4, -0.2) is 52.1 Å². The zero-order valence-electron chi connectivity index (χ0n) is 13.0. The molecule has 0 spiro atoms. The van der Waals surface area contributed by atoms with Gasteiger partial charge in [-0.05, 0) is 40.2 Å². The highest BCUT2D eigenvalue weighted by molar-refractivity contribution is 5.77. The van der Waals surface area contributed by atoms with E-state index in [1.807, 2.05) is 11.1 Å². The average molecular weight is 278 g/mol. The van der Waals surface area contributed by atoms with Gasteiger partial charge in [0.2, 0.25) is 5.91 Å². The van der Waals surface area contributed by atoms with Gasteiger partial charge in [0.1, 0.15) is 0 Å². The molecular formula is C15H26N4O. The highest BCUT2D eigenvalue weighted by Crippen LogP contribution is 2.21. The third-order valence-corrected chi connectivity index (χ3v) is 4.11. The molecule has 1 N–H and O–H groups in total. The Hall–Kier alpha value is -1.36. The Morgan fingerprint density at radius 1 is 1.55 bits per heavy atom. The fourth-order valence-electron chi connectivity index (χ4n) is 2.92. The molecule has 0 aromatic carbocycles. The Morgan fingerprint density at radius 3 is 2.90 bits per heavy atom. The second kappa shape index (κ2) is 6.39. The molecule has 1 aromatic heterocycles. The van der Waals surface area contributed by atoms with Crippen LogP contribution < -0.4 is 0 Å². The van der Waals surface area contributed by atoms with Crippen LogP contribution in [0.15, 0.2) is 6.20 Å². The normalized spacial score (nSPS) is 20.2. The van der Waals surface area contributed by atoms with Crippen LogP contribution >= 0.6 is 0 Å². The Bertz CT molecular complexity index is 454. The number of amides is 1. The summed E-state index contributed by atoms with van der Waals surface area (Å²) in [6.45, 7) is 9.08. The molecule has 0 aliphatic carbocycles. The Morgan fingerprint density at radius 2 is 2.30 bits per heavy atom. The number of hydrogen-bond donors (Lipinski definition) is 1. The van der Waals surface area contributed by atoms with Gasteiger partial charge in [0, 0.05) is 43.4 Å². The van der Waals surface area contributed by atoms with Crippen LogP contribution in [0.5, 0.6) is 0 Å². The number of H-pyrrole nitrogens is 1. The van der Waals surface area contributed by atoms with E-state index in [0.717, 1.165) is 31.7 Å². The first-order valence-electron chi connectivity index (χ1n) is 7.44. The minimum atomic E-state index is 0.310. The van der Waals surface area contributed by atoms with E-state index in [0.29, 0.717) is 24.3 Å². The van der Waals surface area contributed by atoms with E-state index in [-0.39, 0.29) is 0 Å². The number of aromatic amines is 1. The second-order valence-electron chi connectivity index (χ2n) is 6.26. The van der Waals surface area contributed by atoms with Gasteiger partial charge >= 0.3 is 0 Å². The lowest BCUT2D eigenvalue weighted by Crippen LogP contribution is -2.46. The highest BCUT2D eigenvalue weighted by Gasteiger charge is 2.27. The number of piperidine rings is 1. The van der Waals surface area contributed by atoms with Crippen LogP contribution in [0, 0.1) is 12.8 Å². The van der Waals surface area contributed by atoms with E-state index in [1.165, 1.54) is 5.56 Å². The third-order valence-electron chi connectivity index (χ3n) is 4.11. The van der Waals surface area contributed by atoms with Crippen LogP contribution in [0.3, 0.4) is 0 Å². The van der Waals surface area contributed by atoms with Gasteiger partial charge in [0.25, 0.3) is 0 Å². The molecule has 5 nitrogen and oxygen atoms in total. The van der Waals surface area contributed by atoms with E-state index < -0.39 is 0 Å². The first-order chi connectivity index (χ1) is 9.47. The Labute approximate surface area is 121 Å². The van der Waals surface area contributed by atoms with Gasteiger partial charge in [0.05, 0.1) is 6.20 Å². The van der Waals surface area contributed by atoms with Crippen molar-refractivity contribution in [2.75, 3.05) is 20.1 Å². The van der Waals surface area contributed by atoms with Crippen LogP contribution in [0.25, 0.3) is 0 Å². The fourth-order valence-corrected chi connectivity index (χ4v) is 2.92. The molecule has 1 aliphatic heterocycles. The molecule has 1 aromatic rings. The number of aryl methyl sites for hydroxylation is 1. The number of likely N-dealkylation sites (tertiary alicyclic amines) is 1. The molecule has 2 rings (SSSR count). The van der Waals surface area contributed by atoms with Crippen molar-refractivity contribution in [3.05, 3.63) is 17.5 Å². The number of carbonyl (C=O) groups excluding carboxylic acids is 1. The molecule has 0 bridgehead atoms. The standard InChI is InChI=1S/C15H26N4O/c1-11(2)19-9-13(5-6-15(19)20)8-18(4)10-14-7-16-17-12(14)3/h7,11,13H,5-6,8-10H2,1-4H3,(H,16,17). The minimum Gasteiger partial charge on any atom is -0.340 e. The average Bonchev–Trinajstić information content (AvgIpc) is 2.77. The van der Waals surface area contributed by atoms with Gasteiger partial charge in [-0.2, -0.15) is 5.10 Å². The maximum Gasteiger partial charge on any atom is 0.222 e. The number of hydrogen-bond acceptors (Lipinski definition) is 3. The van der Waals surface area contributed by atoms with Gasteiger partial charge < -0.3 is 9.80 Å². The SMILES string of the molecule is Cc1[nH]ncc1CN(C)CC1CCC(=O)N(C(C)C)C1. The van der Waals surface area contributed by atoms with Crippen molar-refractivity contribution in [3.8, 4) is 0 Å². The summed E-state index contributed by atoms with van der Waals surface area (Å²) < 4.78 is 0. The molecule has 112 valence electrons. The van der Waals surface area contributed by atoms with Crippen LogP contribution in [0.4, 0.5) is 0 Å². The molecule has 1 fully saturated rings. The number of rotatable bonds is 5. The zero-order chi connectivity index (χ0) is 14.7. The summed E-state index contributed by atoms with van der Waals surface area (Å²) in [6, 6.07) is 0.312. The molecule has 20 heavy (non-hydrogen) atoms. The number of nitrogens with zero attached hydrogens (tertiary/aromatic N) is 3. The molecule has 1 saturated heterocycles. The molecule has 0 saturated carbocycles. The molecule has 1 amide bonds. The molecular weight excluding hydrogens is 252 g/mol. The summed E-state index contributed by atoms with van der Waals surface area (Å²) in [6.07, 6.45) is 3.61. The van der Waals surface area contributed by atoms with Crippen molar-refractivity contribution < 1.29 is 4.79 Å². The molecule has 0 radical (unpaired) electrons. The van der Waals surface area contributed by atoms with E-state index in [1.54, 1.807) is 0 Å². The number of nitrogens with one attached hydrogen (secondary N) is 1. The molecule has 1 aliphatic rings. The first kappa shape index (κ1) is 15.0. The summed E-state index contributed by atoms with van der Waals surface area (Å²) in [5, 5.41) is 7.04. The lowest BCUT2D eigenvalue weighted by atomic mass is 9.96. The van der Waals surface area contributed by atoms with Crippen molar-refractivity contribution in [1.29, 1.82) is 0 Å². The monoisotopic (exact) mass is 278 g/mol. The Balaban J connectivity index is 1.87. The van der Waals surface area contributed by atoms with Crippen molar-refractivity contribution in [2.24, 2.45) is 5.92 Å². The third kappa shape index (κ3) is 3.60. The van der Waals surface area contributed by atoms with Crippen molar-refractivity contribution in [2.45, 2.75) is 46.2 Å². The maximum atomic E-state index is 11.9. The summed E-state index contributed by atoms with van der Waals surface area (Å²) in [4.78, 5) is 16.2. The summed E-state index contributed by atoms with van der Waals surface area (Å²) in [7, 11) is 2.14. The van der Waals surface area contributed by atoms with Gasteiger partial charge in [-0.3, -0.25) is 9.89 Å². The van der Waals surface area contributed by atoms with E-state index in [2.05, 4.69) is 42.9 Å². The zero-order valence-corrected chi connectivity index (χ0v) is 13.0. The quantitative estimate of drug-likeness (QED) is 0.893. The summed E-state index contributed by atoms with van der Waals surface area (Å²) >= 11 is 0. The molecule has 1 unspecified atom stereocenters. The predicted molar refractivity (Wildman–Crippen MR) is 79.2 cm³/mol. The van der Waals surface area contributed by atoms with Crippen molar-refractivity contribution in [1.82, 2.24) is 20.0 Å². The number of aromatic nitrogens is 2. The van der Waals surface area contributed by atoms with E-state index >= 15 is 0 Å². The summed E-state index contributed by atoms with van der Waals surface area (Å²) in [5.74, 6) is 0.886. The Kier molecular flexibility index (Phi) is 4.81. The van der Waals surface area contributed by atoms with E-state index in [4.69, 9.17) is 0 Å². The van der Waals surface area contributed by atoms with Crippen LogP contribution in [0.1, 0.15) is 37.9 Å². The maximum absolute atomic E-state index is 11.9. The highest BCUT2D eigenvalue weighted by atomic mass is 16.2. The van der Waals surface area contributed by atoms with Gasteiger partial charge in [-0.15, -0.1) is 0 Å². The fraction of sp³-hybridized carbons (Fsp3) is 0.733.